The standard InChI is InChI=1S/C30H27F3N2O3/c1-20-27(24-7-9-26(10-8-24)38-30(31,32)33)3-2-4-28(20)29(36)35-13-14-37-19-22(18-35)15-21-5-6-23-11-12-34-17-25(23)16-21/h2-12,16-17,22H,13-15,18-19H2,1H3/t22-/m1/s1. The topological polar surface area (TPSA) is 51.7 Å². The van der Waals surface area contributed by atoms with Gasteiger partial charge in [-0.2, -0.15) is 0 Å². The molecule has 0 radical (unpaired) electrons. The van der Waals surface area contributed by atoms with E-state index in [1.54, 1.807) is 30.5 Å². The molecule has 1 fully saturated rings. The van der Waals surface area contributed by atoms with Crippen molar-refractivity contribution in [3.05, 3.63) is 95.8 Å². The van der Waals surface area contributed by atoms with E-state index < -0.39 is 6.36 Å². The van der Waals surface area contributed by atoms with Crippen LogP contribution in [0.3, 0.4) is 0 Å². The molecular formula is C30H27F3N2O3. The lowest BCUT2D eigenvalue weighted by Crippen LogP contribution is -2.36. The number of benzene rings is 3. The average molecular weight is 521 g/mol. The van der Waals surface area contributed by atoms with Gasteiger partial charge in [0.25, 0.3) is 5.91 Å². The maximum Gasteiger partial charge on any atom is 0.573 e. The number of pyridine rings is 1. The zero-order valence-electron chi connectivity index (χ0n) is 20.9. The summed E-state index contributed by atoms with van der Waals surface area (Å²) in [4.78, 5) is 19.7. The Morgan fingerprint density at radius 1 is 1.08 bits per heavy atom. The van der Waals surface area contributed by atoms with Crippen LogP contribution in [0, 0.1) is 12.8 Å². The lowest BCUT2D eigenvalue weighted by molar-refractivity contribution is -0.274. The van der Waals surface area contributed by atoms with Gasteiger partial charge in [-0.1, -0.05) is 36.4 Å². The maximum atomic E-state index is 13.7. The van der Waals surface area contributed by atoms with E-state index in [0.717, 1.165) is 28.3 Å². The molecule has 0 spiro atoms. The molecule has 0 unspecified atom stereocenters. The molecule has 5 rings (SSSR count). The lowest BCUT2D eigenvalue weighted by atomic mass is 9.95. The molecule has 1 aromatic heterocycles. The van der Waals surface area contributed by atoms with E-state index in [0.29, 0.717) is 37.4 Å². The first-order valence-corrected chi connectivity index (χ1v) is 12.4. The third-order valence-electron chi connectivity index (χ3n) is 6.82. The molecule has 1 aliphatic rings. The van der Waals surface area contributed by atoms with Crippen LogP contribution in [0.1, 0.15) is 21.5 Å². The van der Waals surface area contributed by atoms with Crippen LogP contribution in [-0.4, -0.2) is 48.5 Å². The first kappa shape index (κ1) is 25.7. The normalized spacial score (nSPS) is 16.3. The van der Waals surface area contributed by atoms with Crippen LogP contribution in [0.15, 0.2) is 79.1 Å². The summed E-state index contributed by atoms with van der Waals surface area (Å²) in [6.07, 6.45) is -0.339. The lowest BCUT2D eigenvalue weighted by Gasteiger charge is -2.25. The highest BCUT2D eigenvalue weighted by Crippen LogP contribution is 2.30. The summed E-state index contributed by atoms with van der Waals surface area (Å²) < 4.78 is 47.4. The highest BCUT2D eigenvalue weighted by Gasteiger charge is 2.31. The predicted octanol–water partition coefficient (Wildman–Crippen LogP) is 6.44. The van der Waals surface area contributed by atoms with Gasteiger partial charge in [-0.15, -0.1) is 13.2 Å². The summed E-state index contributed by atoms with van der Waals surface area (Å²) >= 11 is 0. The van der Waals surface area contributed by atoms with Gasteiger partial charge in [-0.25, -0.2) is 0 Å². The average Bonchev–Trinajstić information content (AvgIpc) is 3.14. The number of alkyl halides is 3. The first-order chi connectivity index (χ1) is 18.3. The molecule has 4 aromatic rings. The van der Waals surface area contributed by atoms with E-state index in [1.807, 2.05) is 30.2 Å². The zero-order chi connectivity index (χ0) is 26.7. The molecule has 1 saturated heterocycles. The number of ether oxygens (including phenoxy) is 2. The van der Waals surface area contributed by atoms with Crippen molar-refractivity contribution in [3.63, 3.8) is 0 Å². The third-order valence-corrected chi connectivity index (χ3v) is 6.82. The fourth-order valence-corrected chi connectivity index (χ4v) is 4.97. The summed E-state index contributed by atoms with van der Waals surface area (Å²) in [5.41, 5.74) is 3.99. The highest BCUT2D eigenvalue weighted by molar-refractivity contribution is 5.97. The molecule has 2 heterocycles. The van der Waals surface area contributed by atoms with Crippen LogP contribution < -0.4 is 4.74 Å². The van der Waals surface area contributed by atoms with Gasteiger partial charge in [0.2, 0.25) is 0 Å². The first-order valence-electron chi connectivity index (χ1n) is 12.4. The molecule has 5 nitrogen and oxygen atoms in total. The van der Waals surface area contributed by atoms with Crippen molar-refractivity contribution in [2.24, 2.45) is 5.92 Å². The van der Waals surface area contributed by atoms with Gasteiger partial charge in [0, 0.05) is 42.4 Å². The molecule has 1 aliphatic heterocycles. The number of hydrogen-bond acceptors (Lipinski definition) is 4. The zero-order valence-corrected chi connectivity index (χ0v) is 20.9. The summed E-state index contributed by atoms with van der Waals surface area (Å²) in [7, 11) is 0. The van der Waals surface area contributed by atoms with E-state index in [9.17, 15) is 18.0 Å². The number of halogens is 3. The van der Waals surface area contributed by atoms with Crippen LogP contribution in [0.5, 0.6) is 5.75 Å². The van der Waals surface area contributed by atoms with Crippen molar-refractivity contribution in [2.75, 3.05) is 26.3 Å². The predicted molar refractivity (Wildman–Crippen MR) is 139 cm³/mol. The molecule has 0 aliphatic carbocycles. The molecule has 0 saturated carbocycles. The van der Waals surface area contributed by atoms with E-state index in [2.05, 4.69) is 27.9 Å². The van der Waals surface area contributed by atoms with Crippen LogP contribution in [-0.2, 0) is 11.2 Å². The van der Waals surface area contributed by atoms with Crippen molar-refractivity contribution in [1.82, 2.24) is 9.88 Å². The smallest absolute Gasteiger partial charge is 0.406 e. The monoisotopic (exact) mass is 520 g/mol. The van der Waals surface area contributed by atoms with Crippen LogP contribution in [0.2, 0.25) is 0 Å². The van der Waals surface area contributed by atoms with E-state index >= 15 is 0 Å². The van der Waals surface area contributed by atoms with Crippen molar-refractivity contribution in [3.8, 4) is 16.9 Å². The van der Waals surface area contributed by atoms with Gasteiger partial charge in [-0.3, -0.25) is 9.78 Å². The van der Waals surface area contributed by atoms with Gasteiger partial charge in [0.05, 0.1) is 13.2 Å². The second kappa shape index (κ2) is 10.8. The minimum atomic E-state index is -4.75. The minimum Gasteiger partial charge on any atom is -0.406 e. The SMILES string of the molecule is Cc1c(C(=O)N2CCOC[C@H](Cc3ccc4ccncc4c3)C2)cccc1-c1ccc(OC(F)(F)F)cc1. The Morgan fingerprint density at radius 2 is 1.89 bits per heavy atom. The summed E-state index contributed by atoms with van der Waals surface area (Å²) in [5.74, 6) is -0.232. The van der Waals surface area contributed by atoms with Crippen LogP contribution in [0.4, 0.5) is 13.2 Å². The molecule has 8 heteroatoms. The summed E-state index contributed by atoms with van der Waals surface area (Å²) in [6.45, 7) is 3.95. The second-order valence-electron chi connectivity index (χ2n) is 9.50. The van der Waals surface area contributed by atoms with Crippen molar-refractivity contribution in [2.45, 2.75) is 19.7 Å². The number of carbonyl (C=O) groups is 1. The number of fused-ring (bicyclic) bond motifs is 1. The van der Waals surface area contributed by atoms with Crippen molar-refractivity contribution >= 4 is 16.7 Å². The molecule has 196 valence electrons. The number of amides is 1. The largest absolute Gasteiger partial charge is 0.573 e. The van der Waals surface area contributed by atoms with Crippen molar-refractivity contribution in [1.29, 1.82) is 0 Å². The summed E-state index contributed by atoms with van der Waals surface area (Å²) in [6, 6.07) is 19.4. The minimum absolute atomic E-state index is 0.0837. The van der Waals surface area contributed by atoms with E-state index in [1.165, 1.54) is 17.7 Å². The molecular weight excluding hydrogens is 493 g/mol. The fraction of sp³-hybridized carbons (Fsp3) is 0.267. The fourth-order valence-electron chi connectivity index (χ4n) is 4.97. The number of aromatic nitrogens is 1. The molecule has 0 N–H and O–H groups in total. The Morgan fingerprint density at radius 3 is 2.68 bits per heavy atom. The van der Waals surface area contributed by atoms with Crippen LogP contribution >= 0.6 is 0 Å². The summed E-state index contributed by atoms with van der Waals surface area (Å²) in [5, 5.41) is 2.22. The molecule has 1 atom stereocenters. The quantitative estimate of drug-likeness (QED) is 0.304. The van der Waals surface area contributed by atoms with E-state index in [-0.39, 0.29) is 17.6 Å². The number of hydrogen-bond donors (Lipinski definition) is 0. The van der Waals surface area contributed by atoms with Gasteiger partial charge < -0.3 is 14.4 Å². The molecule has 1 amide bonds. The number of carbonyl (C=O) groups excluding carboxylic acids is 1. The van der Waals surface area contributed by atoms with E-state index in [4.69, 9.17) is 4.74 Å². The van der Waals surface area contributed by atoms with Crippen molar-refractivity contribution < 1.29 is 27.4 Å². The highest BCUT2D eigenvalue weighted by atomic mass is 19.4. The number of nitrogens with zero attached hydrogens (tertiary/aromatic N) is 2. The third kappa shape index (κ3) is 5.97. The van der Waals surface area contributed by atoms with Gasteiger partial charge >= 0.3 is 6.36 Å². The molecule has 38 heavy (non-hydrogen) atoms. The Bertz CT molecular complexity index is 1440. The molecule has 3 aromatic carbocycles. The Hall–Kier alpha value is -3.91. The van der Waals surface area contributed by atoms with Gasteiger partial charge in [0.1, 0.15) is 5.75 Å². The Balaban J connectivity index is 1.33. The second-order valence-corrected chi connectivity index (χ2v) is 9.50. The Labute approximate surface area is 218 Å². The number of rotatable bonds is 5. The van der Waals surface area contributed by atoms with Crippen LogP contribution in [0.25, 0.3) is 21.9 Å². The van der Waals surface area contributed by atoms with Gasteiger partial charge in [0.15, 0.2) is 0 Å². The van der Waals surface area contributed by atoms with Gasteiger partial charge in [-0.05, 0) is 71.3 Å². The molecule has 0 bridgehead atoms. The Kier molecular flexibility index (Phi) is 7.33. The maximum absolute atomic E-state index is 13.7.